The van der Waals surface area contributed by atoms with Gasteiger partial charge in [-0.25, -0.2) is 0 Å². The number of aliphatic hydroxyl groups is 1. The van der Waals surface area contributed by atoms with Crippen LogP contribution in [0.1, 0.15) is 25.5 Å². The summed E-state index contributed by atoms with van der Waals surface area (Å²) in [6.07, 6.45) is 3.26. The number of hydrogen-bond acceptors (Lipinski definition) is 4. The number of carbonyl (C=O) groups is 1. The van der Waals surface area contributed by atoms with Crippen molar-refractivity contribution in [2.45, 2.75) is 32.3 Å². The predicted octanol–water partition coefficient (Wildman–Crippen LogP) is 0.837. The second-order valence-electron chi connectivity index (χ2n) is 4.63. The minimum atomic E-state index is -0.275. The molecule has 2 heterocycles. The highest BCUT2D eigenvalue weighted by Gasteiger charge is 2.25. The summed E-state index contributed by atoms with van der Waals surface area (Å²) in [5.41, 5.74) is 0.674. The molecule has 5 heteroatoms. The molecule has 0 radical (unpaired) electrons. The van der Waals surface area contributed by atoms with E-state index in [0.717, 1.165) is 25.9 Å². The van der Waals surface area contributed by atoms with Crippen molar-refractivity contribution >= 4 is 5.91 Å². The molecule has 0 aromatic carbocycles. The fourth-order valence-corrected chi connectivity index (χ4v) is 2.23. The van der Waals surface area contributed by atoms with E-state index < -0.39 is 0 Å². The van der Waals surface area contributed by atoms with Crippen LogP contribution in [0.3, 0.4) is 0 Å². The topological polar surface area (TPSA) is 66.6 Å². The molecule has 17 heavy (non-hydrogen) atoms. The summed E-state index contributed by atoms with van der Waals surface area (Å²) in [7, 11) is 0. The van der Waals surface area contributed by atoms with Gasteiger partial charge in [0.2, 0.25) is 5.91 Å². The van der Waals surface area contributed by atoms with Gasteiger partial charge in [0.1, 0.15) is 6.26 Å². The predicted molar refractivity (Wildman–Crippen MR) is 61.2 cm³/mol. The molecule has 5 nitrogen and oxygen atoms in total. The van der Waals surface area contributed by atoms with E-state index in [1.807, 2.05) is 11.8 Å². The Morgan fingerprint density at radius 2 is 2.35 bits per heavy atom. The van der Waals surface area contributed by atoms with Crippen molar-refractivity contribution in [1.82, 2.24) is 10.1 Å². The number of nitrogens with zero attached hydrogens (tertiary/aromatic N) is 2. The van der Waals surface area contributed by atoms with Gasteiger partial charge in [-0.1, -0.05) is 5.16 Å². The molecule has 0 spiro atoms. The molecule has 1 atom stereocenters. The number of carbonyl (C=O) groups excluding carboxylic acids is 1. The molecule has 0 bridgehead atoms. The minimum Gasteiger partial charge on any atom is -0.393 e. The van der Waals surface area contributed by atoms with Crippen LogP contribution in [0.15, 0.2) is 16.9 Å². The zero-order valence-electron chi connectivity index (χ0n) is 10.0. The fourth-order valence-electron chi connectivity index (χ4n) is 2.23. The lowest BCUT2D eigenvalue weighted by Gasteiger charge is -2.33. The first-order valence-corrected chi connectivity index (χ1v) is 6.02. The first-order chi connectivity index (χ1) is 8.16. The molecule has 1 aromatic heterocycles. The van der Waals surface area contributed by atoms with Gasteiger partial charge in [0.05, 0.1) is 18.2 Å². The Bertz CT molecular complexity index is 354. The van der Waals surface area contributed by atoms with Gasteiger partial charge in [-0.05, 0) is 25.7 Å². The third-order valence-corrected chi connectivity index (χ3v) is 3.40. The second-order valence-corrected chi connectivity index (χ2v) is 4.63. The quantitative estimate of drug-likeness (QED) is 0.847. The molecule has 0 saturated carbocycles. The van der Waals surface area contributed by atoms with Crippen molar-refractivity contribution in [3.05, 3.63) is 18.0 Å². The van der Waals surface area contributed by atoms with E-state index in [4.69, 9.17) is 4.52 Å². The molecule has 1 aromatic rings. The Morgan fingerprint density at radius 1 is 1.65 bits per heavy atom. The smallest absolute Gasteiger partial charge is 0.228 e. The monoisotopic (exact) mass is 238 g/mol. The maximum Gasteiger partial charge on any atom is 0.228 e. The average molecular weight is 238 g/mol. The molecular formula is C12H18N2O3. The highest BCUT2D eigenvalue weighted by Crippen LogP contribution is 2.20. The molecule has 94 valence electrons. The van der Waals surface area contributed by atoms with Gasteiger partial charge in [-0.3, -0.25) is 4.79 Å². The first kappa shape index (κ1) is 12.1. The van der Waals surface area contributed by atoms with Crippen LogP contribution in [0.5, 0.6) is 0 Å². The number of hydrogen-bond donors (Lipinski definition) is 1. The number of aromatic nitrogens is 1. The Labute approximate surface area is 100 Å². The van der Waals surface area contributed by atoms with Crippen LogP contribution in [-0.4, -0.2) is 40.3 Å². The molecule has 1 aliphatic heterocycles. The van der Waals surface area contributed by atoms with Crippen molar-refractivity contribution in [2.75, 3.05) is 13.1 Å². The highest BCUT2D eigenvalue weighted by atomic mass is 16.5. The molecule has 1 unspecified atom stereocenters. The molecule has 2 rings (SSSR count). The van der Waals surface area contributed by atoms with Gasteiger partial charge in [0.25, 0.3) is 0 Å². The Balaban J connectivity index is 1.82. The number of likely N-dealkylation sites (tertiary alicyclic amines) is 1. The molecule has 1 fully saturated rings. The van der Waals surface area contributed by atoms with Crippen molar-refractivity contribution in [1.29, 1.82) is 0 Å². The first-order valence-electron chi connectivity index (χ1n) is 6.02. The zero-order valence-corrected chi connectivity index (χ0v) is 10.0. The summed E-state index contributed by atoms with van der Waals surface area (Å²) >= 11 is 0. The van der Waals surface area contributed by atoms with E-state index in [2.05, 4.69) is 5.16 Å². The Hall–Kier alpha value is -1.36. The van der Waals surface area contributed by atoms with Gasteiger partial charge in [0, 0.05) is 19.2 Å². The van der Waals surface area contributed by atoms with Crippen LogP contribution >= 0.6 is 0 Å². The van der Waals surface area contributed by atoms with Crippen LogP contribution in [0.25, 0.3) is 0 Å². The number of rotatable bonds is 3. The summed E-state index contributed by atoms with van der Waals surface area (Å²) < 4.78 is 4.70. The van der Waals surface area contributed by atoms with Crippen molar-refractivity contribution in [3.63, 3.8) is 0 Å². The zero-order chi connectivity index (χ0) is 12.3. The largest absolute Gasteiger partial charge is 0.393 e. The number of piperidine rings is 1. The van der Waals surface area contributed by atoms with E-state index >= 15 is 0 Å². The SMILES string of the molecule is CC(O)C1CCN(C(=O)Cc2ccon2)CC1. The van der Waals surface area contributed by atoms with E-state index in [1.54, 1.807) is 6.07 Å². The van der Waals surface area contributed by atoms with Crippen molar-refractivity contribution in [2.24, 2.45) is 5.92 Å². The van der Waals surface area contributed by atoms with E-state index in [9.17, 15) is 9.90 Å². The third-order valence-electron chi connectivity index (χ3n) is 3.40. The normalized spacial score (nSPS) is 19.3. The Morgan fingerprint density at radius 3 is 2.88 bits per heavy atom. The molecule has 1 N–H and O–H groups in total. The third kappa shape index (κ3) is 3.06. The van der Waals surface area contributed by atoms with Crippen LogP contribution in [0.2, 0.25) is 0 Å². The summed E-state index contributed by atoms with van der Waals surface area (Å²) in [6, 6.07) is 1.71. The molecule has 0 aliphatic carbocycles. The van der Waals surface area contributed by atoms with Crippen LogP contribution in [0, 0.1) is 5.92 Å². The molecular weight excluding hydrogens is 220 g/mol. The van der Waals surface area contributed by atoms with Crippen LogP contribution in [0.4, 0.5) is 0 Å². The van der Waals surface area contributed by atoms with Gasteiger partial charge in [-0.2, -0.15) is 0 Å². The lowest BCUT2D eigenvalue weighted by Crippen LogP contribution is -2.41. The molecule has 1 saturated heterocycles. The van der Waals surface area contributed by atoms with Crippen molar-refractivity contribution < 1.29 is 14.4 Å². The highest BCUT2D eigenvalue weighted by molar-refractivity contribution is 5.78. The van der Waals surface area contributed by atoms with E-state index in [0.29, 0.717) is 18.0 Å². The average Bonchev–Trinajstić information content (AvgIpc) is 2.82. The van der Waals surface area contributed by atoms with Gasteiger partial charge < -0.3 is 14.5 Å². The Kier molecular flexibility index (Phi) is 3.78. The molecule has 1 amide bonds. The standard InChI is InChI=1S/C12H18N2O3/c1-9(15)10-2-5-14(6-3-10)12(16)8-11-4-7-17-13-11/h4,7,9-10,15H,2-3,5-6,8H2,1H3. The lowest BCUT2D eigenvalue weighted by molar-refractivity contribution is -0.132. The maximum absolute atomic E-state index is 11.9. The summed E-state index contributed by atoms with van der Waals surface area (Å²) in [5, 5.41) is 13.2. The lowest BCUT2D eigenvalue weighted by atomic mass is 9.92. The summed E-state index contributed by atoms with van der Waals surface area (Å²) in [6.45, 7) is 3.27. The maximum atomic E-state index is 11.9. The summed E-state index contributed by atoms with van der Waals surface area (Å²) in [4.78, 5) is 13.8. The van der Waals surface area contributed by atoms with Gasteiger partial charge in [0.15, 0.2) is 0 Å². The van der Waals surface area contributed by atoms with E-state index in [-0.39, 0.29) is 12.0 Å². The van der Waals surface area contributed by atoms with Gasteiger partial charge >= 0.3 is 0 Å². The van der Waals surface area contributed by atoms with Gasteiger partial charge in [-0.15, -0.1) is 0 Å². The van der Waals surface area contributed by atoms with Crippen LogP contribution in [-0.2, 0) is 11.2 Å². The summed E-state index contributed by atoms with van der Waals surface area (Å²) in [5.74, 6) is 0.411. The van der Waals surface area contributed by atoms with Crippen molar-refractivity contribution in [3.8, 4) is 0 Å². The minimum absolute atomic E-state index is 0.0861. The number of amides is 1. The van der Waals surface area contributed by atoms with Crippen LogP contribution < -0.4 is 0 Å². The number of aliphatic hydroxyl groups excluding tert-OH is 1. The van der Waals surface area contributed by atoms with E-state index in [1.165, 1.54) is 6.26 Å². The molecule has 1 aliphatic rings. The fraction of sp³-hybridized carbons (Fsp3) is 0.667. The second kappa shape index (κ2) is 5.31.